The van der Waals surface area contributed by atoms with Crippen LogP contribution in [0.4, 0.5) is 16.2 Å². The Hall–Kier alpha value is -2.86. The second-order valence-corrected chi connectivity index (χ2v) is 7.18. The summed E-state index contributed by atoms with van der Waals surface area (Å²) in [7, 11) is 0. The van der Waals surface area contributed by atoms with Crippen LogP contribution in [0.5, 0.6) is 0 Å². The van der Waals surface area contributed by atoms with Crippen LogP contribution in [0.15, 0.2) is 48.5 Å². The number of para-hydroxylation sites is 1. The lowest BCUT2D eigenvalue weighted by Crippen LogP contribution is -2.45. The molecule has 140 valence electrons. The average Bonchev–Trinajstić information content (AvgIpc) is 3.28. The number of aliphatic hydroxyl groups excluding tert-OH is 1. The SMILES string of the molecule is O=C(Nc1ccc2c(c1)CCC2)[C@H]1C[C@H](O)CN1C(=O)Nc1ccccc1. The first-order valence-electron chi connectivity index (χ1n) is 9.33. The number of benzene rings is 2. The van der Waals surface area contributed by atoms with Crippen molar-refractivity contribution in [3.8, 4) is 0 Å². The first kappa shape index (κ1) is 17.5. The van der Waals surface area contributed by atoms with Gasteiger partial charge in [-0.15, -0.1) is 0 Å². The van der Waals surface area contributed by atoms with E-state index in [1.54, 1.807) is 12.1 Å². The molecular formula is C21H23N3O3. The van der Waals surface area contributed by atoms with Gasteiger partial charge in [-0.3, -0.25) is 4.79 Å². The highest BCUT2D eigenvalue weighted by Gasteiger charge is 2.39. The molecule has 27 heavy (non-hydrogen) atoms. The number of rotatable bonds is 3. The molecular weight excluding hydrogens is 342 g/mol. The van der Waals surface area contributed by atoms with Gasteiger partial charge in [-0.25, -0.2) is 4.79 Å². The Morgan fingerprint density at radius 2 is 1.74 bits per heavy atom. The van der Waals surface area contributed by atoms with Crippen molar-refractivity contribution in [2.24, 2.45) is 0 Å². The van der Waals surface area contributed by atoms with Gasteiger partial charge in [0.25, 0.3) is 0 Å². The molecule has 0 unspecified atom stereocenters. The van der Waals surface area contributed by atoms with E-state index in [2.05, 4.69) is 16.7 Å². The number of β-amino-alcohol motifs (C(OH)–C–C–N with tert-alkyl or cyclic N) is 1. The van der Waals surface area contributed by atoms with Crippen molar-refractivity contribution >= 4 is 23.3 Å². The number of urea groups is 1. The molecule has 1 fully saturated rings. The highest BCUT2D eigenvalue weighted by atomic mass is 16.3. The van der Waals surface area contributed by atoms with Crippen molar-refractivity contribution in [1.82, 2.24) is 4.90 Å². The van der Waals surface area contributed by atoms with E-state index in [0.717, 1.165) is 24.9 Å². The number of aliphatic hydroxyl groups is 1. The Balaban J connectivity index is 1.45. The van der Waals surface area contributed by atoms with Crippen LogP contribution in [0.2, 0.25) is 0 Å². The zero-order valence-electron chi connectivity index (χ0n) is 15.0. The molecule has 6 heteroatoms. The molecule has 0 bridgehead atoms. The lowest BCUT2D eigenvalue weighted by atomic mass is 10.1. The fourth-order valence-corrected chi connectivity index (χ4v) is 3.88. The van der Waals surface area contributed by atoms with Crippen LogP contribution in [0.25, 0.3) is 0 Å². The molecule has 3 amide bonds. The molecule has 1 heterocycles. The summed E-state index contributed by atoms with van der Waals surface area (Å²) in [5.41, 5.74) is 4.01. The Kier molecular flexibility index (Phi) is 4.81. The maximum Gasteiger partial charge on any atom is 0.322 e. The summed E-state index contributed by atoms with van der Waals surface area (Å²) in [6.07, 6.45) is 2.80. The largest absolute Gasteiger partial charge is 0.391 e. The topological polar surface area (TPSA) is 81.7 Å². The third-order valence-electron chi connectivity index (χ3n) is 5.23. The molecule has 2 atom stereocenters. The number of carbonyl (C=O) groups is 2. The second kappa shape index (κ2) is 7.40. The highest BCUT2D eigenvalue weighted by molar-refractivity contribution is 5.99. The number of likely N-dealkylation sites (tertiary alicyclic amines) is 1. The maximum atomic E-state index is 12.8. The molecule has 0 spiro atoms. The number of hydrogen-bond acceptors (Lipinski definition) is 3. The predicted molar refractivity (Wildman–Crippen MR) is 104 cm³/mol. The predicted octanol–water partition coefficient (Wildman–Crippen LogP) is 2.78. The normalized spacial score (nSPS) is 21.0. The van der Waals surface area contributed by atoms with E-state index in [0.29, 0.717) is 5.69 Å². The fourth-order valence-electron chi connectivity index (χ4n) is 3.88. The fraction of sp³-hybridized carbons (Fsp3) is 0.333. The van der Waals surface area contributed by atoms with Crippen molar-refractivity contribution in [2.75, 3.05) is 17.2 Å². The van der Waals surface area contributed by atoms with Crippen LogP contribution in [0, 0.1) is 0 Å². The van der Waals surface area contributed by atoms with E-state index in [4.69, 9.17) is 0 Å². The average molecular weight is 365 g/mol. The monoisotopic (exact) mass is 365 g/mol. The second-order valence-electron chi connectivity index (χ2n) is 7.18. The standard InChI is InChI=1S/C21H23N3O3/c25-18-12-19(24(13-18)21(27)23-16-7-2-1-3-8-16)20(26)22-17-10-9-14-5-4-6-15(14)11-17/h1-3,7-11,18-19,25H,4-6,12-13H2,(H,22,26)(H,23,27)/t18-,19+/m0/s1. The summed E-state index contributed by atoms with van der Waals surface area (Å²) >= 11 is 0. The summed E-state index contributed by atoms with van der Waals surface area (Å²) in [4.78, 5) is 26.8. The third-order valence-corrected chi connectivity index (χ3v) is 5.23. The van der Waals surface area contributed by atoms with Crippen LogP contribution in [0.3, 0.4) is 0 Å². The number of anilines is 2. The molecule has 2 aromatic carbocycles. The van der Waals surface area contributed by atoms with Crippen molar-refractivity contribution in [3.05, 3.63) is 59.7 Å². The minimum Gasteiger partial charge on any atom is -0.391 e. The van der Waals surface area contributed by atoms with Gasteiger partial charge in [0, 0.05) is 24.3 Å². The van der Waals surface area contributed by atoms with Crippen molar-refractivity contribution in [3.63, 3.8) is 0 Å². The van der Waals surface area contributed by atoms with E-state index >= 15 is 0 Å². The zero-order chi connectivity index (χ0) is 18.8. The van der Waals surface area contributed by atoms with Gasteiger partial charge in [-0.2, -0.15) is 0 Å². The highest BCUT2D eigenvalue weighted by Crippen LogP contribution is 2.26. The van der Waals surface area contributed by atoms with E-state index in [9.17, 15) is 14.7 Å². The maximum absolute atomic E-state index is 12.8. The van der Waals surface area contributed by atoms with Crippen LogP contribution in [-0.2, 0) is 17.6 Å². The van der Waals surface area contributed by atoms with Crippen molar-refractivity contribution in [2.45, 2.75) is 37.8 Å². The molecule has 1 aliphatic carbocycles. The molecule has 2 aromatic rings. The number of aryl methyl sites for hydroxylation is 2. The van der Waals surface area contributed by atoms with Gasteiger partial charge in [0.2, 0.25) is 5.91 Å². The first-order chi connectivity index (χ1) is 13.1. The van der Waals surface area contributed by atoms with Crippen LogP contribution in [-0.4, -0.2) is 40.6 Å². The Bertz CT molecular complexity index is 853. The summed E-state index contributed by atoms with van der Waals surface area (Å²) in [5, 5.41) is 15.7. The smallest absolute Gasteiger partial charge is 0.322 e. The molecule has 6 nitrogen and oxygen atoms in total. The summed E-state index contributed by atoms with van der Waals surface area (Å²) in [6.45, 7) is 0.140. The Labute approximate surface area is 158 Å². The molecule has 1 saturated heterocycles. The van der Waals surface area contributed by atoms with E-state index in [1.165, 1.54) is 16.0 Å². The van der Waals surface area contributed by atoms with E-state index < -0.39 is 12.1 Å². The number of amides is 3. The number of nitrogens with one attached hydrogen (secondary N) is 2. The minimum absolute atomic E-state index is 0.140. The summed E-state index contributed by atoms with van der Waals surface area (Å²) < 4.78 is 0. The third kappa shape index (κ3) is 3.80. The molecule has 0 aromatic heterocycles. The summed E-state index contributed by atoms with van der Waals surface area (Å²) in [6, 6.07) is 14.0. The molecule has 0 radical (unpaired) electrons. The number of hydrogen-bond donors (Lipinski definition) is 3. The quantitative estimate of drug-likeness (QED) is 0.782. The molecule has 0 saturated carbocycles. The van der Waals surface area contributed by atoms with E-state index in [1.807, 2.05) is 30.3 Å². The van der Waals surface area contributed by atoms with Gasteiger partial charge in [0.15, 0.2) is 0 Å². The van der Waals surface area contributed by atoms with Gasteiger partial charge in [0.05, 0.1) is 6.10 Å². The molecule has 4 rings (SSSR count). The summed E-state index contributed by atoms with van der Waals surface area (Å²) in [5.74, 6) is -0.271. The van der Waals surface area contributed by atoms with E-state index in [-0.39, 0.29) is 24.9 Å². The first-order valence-corrected chi connectivity index (χ1v) is 9.33. The van der Waals surface area contributed by atoms with Gasteiger partial charge in [-0.05, 0) is 54.7 Å². The lowest BCUT2D eigenvalue weighted by molar-refractivity contribution is -0.119. The van der Waals surface area contributed by atoms with Gasteiger partial charge < -0.3 is 20.6 Å². The van der Waals surface area contributed by atoms with Gasteiger partial charge in [-0.1, -0.05) is 24.3 Å². The minimum atomic E-state index is -0.706. The van der Waals surface area contributed by atoms with Crippen LogP contribution in [0.1, 0.15) is 24.0 Å². The van der Waals surface area contributed by atoms with Crippen molar-refractivity contribution < 1.29 is 14.7 Å². The Morgan fingerprint density at radius 1 is 0.963 bits per heavy atom. The van der Waals surface area contributed by atoms with Crippen molar-refractivity contribution in [1.29, 1.82) is 0 Å². The van der Waals surface area contributed by atoms with Crippen LogP contribution >= 0.6 is 0 Å². The Morgan fingerprint density at radius 3 is 2.56 bits per heavy atom. The lowest BCUT2D eigenvalue weighted by Gasteiger charge is -2.24. The zero-order valence-corrected chi connectivity index (χ0v) is 15.0. The van der Waals surface area contributed by atoms with Crippen LogP contribution < -0.4 is 10.6 Å². The number of nitrogens with zero attached hydrogens (tertiary/aromatic N) is 1. The molecule has 3 N–H and O–H groups in total. The van der Waals surface area contributed by atoms with Gasteiger partial charge in [0.1, 0.15) is 6.04 Å². The number of fused-ring (bicyclic) bond motifs is 1. The molecule has 1 aliphatic heterocycles. The number of carbonyl (C=O) groups excluding carboxylic acids is 2. The molecule has 2 aliphatic rings. The van der Waals surface area contributed by atoms with Gasteiger partial charge >= 0.3 is 6.03 Å².